The van der Waals surface area contributed by atoms with Crippen LogP contribution in [-0.4, -0.2) is 43.2 Å². The highest BCUT2D eigenvalue weighted by Crippen LogP contribution is 2.24. The van der Waals surface area contributed by atoms with Crippen LogP contribution in [0, 0.1) is 0 Å². The second-order valence-corrected chi connectivity index (χ2v) is 6.36. The number of amides is 4. The molecule has 7 nitrogen and oxygen atoms in total. The summed E-state index contributed by atoms with van der Waals surface area (Å²) < 4.78 is 5.26. The summed E-state index contributed by atoms with van der Waals surface area (Å²) in [7, 11) is 1.57. The largest absolute Gasteiger partial charge is 0.495 e. The van der Waals surface area contributed by atoms with Crippen molar-refractivity contribution in [3.05, 3.63) is 54.6 Å². The normalized spacial score (nSPS) is 14.3. The van der Waals surface area contributed by atoms with Crippen LogP contribution in [0.5, 0.6) is 5.75 Å². The van der Waals surface area contributed by atoms with Gasteiger partial charge in [0.1, 0.15) is 5.75 Å². The van der Waals surface area contributed by atoms with Crippen molar-refractivity contribution in [3.8, 4) is 5.75 Å². The lowest BCUT2D eigenvalue weighted by molar-refractivity contribution is 0.189. The number of para-hydroxylation sites is 3. The third-order valence-corrected chi connectivity index (χ3v) is 4.50. The highest BCUT2D eigenvalue weighted by atomic mass is 16.5. The van der Waals surface area contributed by atoms with E-state index in [4.69, 9.17) is 4.74 Å². The molecule has 0 unspecified atom stereocenters. The van der Waals surface area contributed by atoms with E-state index in [2.05, 4.69) is 16.0 Å². The van der Waals surface area contributed by atoms with Crippen molar-refractivity contribution in [2.75, 3.05) is 30.8 Å². The predicted octanol–water partition coefficient (Wildman–Crippen LogP) is 3.51. The number of carbonyl (C=O) groups excluding carboxylic acids is 2. The highest BCUT2D eigenvalue weighted by Gasteiger charge is 2.24. The number of hydrogen-bond donors (Lipinski definition) is 3. The molecule has 0 radical (unpaired) electrons. The van der Waals surface area contributed by atoms with Crippen LogP contribution >= 0.6 is 0 Å². The Hall–Kier alpha value is -3.22. The van der Waals surface area contributed by atoms with Gasteiger partial charge in [0, 0.05) is 24.8 Å². The maximum Gasteiger partial charge on any atom is 0.321 e. The number of ether oxygens (including phenoxy) is 1. The van der Waals surface area contributed by atoms with E-state index in [0.717, 1.165) is 5.69 Å². The molecule has 2 aromatic carbocycles. The van der Waals surface area contributed by atoms with Crippen LogP contribution in [0.2, 0.25) is 0 Å². The molecule has 27 heavy (non-hydrogen) atoms. The predicted molar refractivity (Wildman–Crippen MR) is 105 cm³/mol. The van der Waals surface area contributed by atoms with Gasteiger partial charge in [0.05, 0.1) is 12.8 Å². The van der Waals surface area contributed by atoms with E-state index in [0.29, 0.717) is 37.4 Å². The molecule has 0 aromatic heterocycles. The van der Waals surface area contributed by atoms with Gasteiger partial charge in [-0.2, -0.15) is 0 Å². The number of anilines is 2. The van der Waals surface area contributed by atoms with Gasteiger partial charge in [0.2, 0.25) is 0 Å². The summed E-state index contributed by atoms with van der Waals surface area (Å²) >= 11 is 0. The van der Waals surface area contributed by atoms with Crippen molar-refractivity contribution in [2.45, 2.75) is 18.9 Å². The van der Waals surface area contributed by atoms with Gasteiger partial charge < -0.3 is 25.6 Å². The molecule has 0 saturated carbocycles. The molecule has 3 N–H and O–H groups in total. The van der Waals surface area contributed by atoms with E-state index in [-0.39, 0.29) is 18.1 Å². The minimum atomic E-state index is -0.224. The highest BCUT2D eigenvalue weighted by molar-refractivity contribution is 5.91. The molecular weight excluding hydrogens is 344 g/mol. The van der Waals surface area contributed by atoms with E-state index in [1.54, 1.807) is 24.1 Å². The fourth-order valence-corrected chi connectivity index (χ4v) is 3.04. The number of piperidine rings is 1. The molecule has 1 aliphatic heterocycles. The minimum absolute atomic E-state index is 0.0454. The number of urea groups is 2. The summed E-state index contributed by atoms with van der Waals surface area (Å²) in [4.78, 5) is 26.3. The molecule has 7 heteroatoms. The molecule has 0 spiro atoms. The van der Waals surface area contributed by atoms with Crippen molar-refractivity contribution in [2.24, 2.45) is 0 Å². The van der Waals surface area contributed by atoms with Crippen molar-refractivity contribution in [1.29, 1.82) is 0 Å². The number of rotatable bonds is 4. The van der Waals surface area contributed by atoms with Crippen LogP contribution in [0.3, 0.4) is 0 Å². The Morgan fingerprint density at radius 1 is 0.963 bits per heavy atom. The summed E-state index contributed by atoms with van der Waals surface area (Å²) in [5, 5.41) is 8.66. The standard InChI is InChI=1S/C20H24N4O3/c1-27-18-10-6-5-9-17(18)23-20(26)24-13-11-16(12-14-24)22-19(25)21-15-7-3-2-4-8-15/h2-10,16H,11-14H2,1H3,(H,23,26)(H2,21,22,25). The first-order chi connectivity index (χ1) is 13.2. The first-order valence-corrected chi connectivity index (χ1v) is 8.97. The number of nitrogens with zero attached hydrogens (tertiary/aromatic N) is 1. The molecule has 0 bridgehead atoms. The van der Waals surface area contributed by atoms with E-state index in [9.17, 15) is 9.59 Å². The number of benzene rings is 2. The van der Waals surface area contributed by atoms with Gasteiger partial charge in [-0.1, -0.05) is 30.3 Å². The first-order valence-electron chi connectivity index (χ1n) is 8.97. The molecule has 2 aromatic rings. The maximum atomic E-state index is 12.5. The third kappa shape index (κ3) is 5.13. The van der Waals surface area contributed by atoms with Gasteiger partial charge in [-0.15, -0.1) is 0 Å². The van der Waals surface area contributed by atoms with Crippen LogP contribution in [0.15, 0.2) is 54.6 Å². The van der Waals surface area contributed by atoms with Crippen LogP contribution in [0.4, 0.5) is 21.0 Å². The molecule has 3 rings (SSSR count). The Balaban J connectivity index is 1.45. The fourth-order valence-electron chi connectivity index (χ4n) is 3.04. The minimum Gasteiger partial charge on any atom is -0.495 e. The second kappa shape index (κ2) is 8.93. The number of nitrogens with one attached hydrogen (secondary N) is 3. The summed E-state index contributed by atoms with van der Waals surface area (Å²) in [6, 6.07) is 16.3. The molecule has 0 atom stereocenters. The van der Waals surface area contributed by atoms with Crippen molar-refractivity contribution >= 4 is 23.4 Å². The van der Waals surface area contributed by atoms with Gasteiger partial charge in [-0.3, -0.25) is 0 Å². The average Bonchev–Trinajstić information content (AvgIpc) is 2.69. The van der Waals surface area contributed by atoms with Gasteiger partial charge in [0.25, 0.3) is 0 Å². The second-order valence-electron chi connectivity index (χ2n) is 6.36. The van der Waals surface area contributed by atoms with Crippen molar-refractivity contribution in [3.63, 3.8) is 0 Å². The zero-order valence-corrected chi connectivity index (χ0v) is 15.3. The average molecular weight is 368 g/mol. The van der Waals surface area contributed by atoms with Crippen molar-refractivity contribution < 1.29 is 14.3 Å². The Kier molecular flexibility index (Phi) is 6.14. The molecule has 0 aliphatic carbocycles. The molecule has 4 amide bonds. The van der Waals surface area contributed by atoms with Gasteiger partial charge >= 0.3 is 12.1 Å². The summed E-state index contributed by atoms with van der Waals surface area (Å²) in [5.41, 5.74) is 1.40. The summed E-state index contributed by atoms with van der Waals surface area (Å²) in [6.07, 6.45) is 1.42. The molecule has 1 saturated heterocycles. The first kappa shape index (κ1) is 18.6. The lowest BCUT2D eigenvalue weighted by Crippen LogP contribution is -2.48. The number of hydrogen-bond acceptors (Lipinski definition) is 3. The Morgan fingerprint density at radius 3 is 2.33 bits per heavy atom. The SMILES string of the molecule is COc1ccccc1NC(=O)N1CCC(NC(=O)Nc2ccccc2)CC1. The zero-order chi connectivity index (χ0) is 19.1. The zero-order valence-electron chi connectivity index (χ0n) is 15.3. The summed E-state index contributed by atoms with van der Waals surface area (Å²) in [6.45, 7) is 1.16. The third-order valence-electron chi connectivity index (χ3n) is 4.50. The van der Waals surface area contributed by atoms with E-state index >= 15 is 0 Å². The quantitative estimate of drug-likeness (QED) is 0.772. The summed E-state index contributed by atoms with van der Waals surface area (Å²) in [5.74, 6) is 0.625. The van der Waals surface area contributed by atoms with Gasteiger partial charge in [-0.25, -0.2) is 9.59 Å². The van der Waals surface area contributed by atoms with Gasteiger partial charge in [0.15, 0.2) is 0 Å². The van der Waals surface area contributed by atoms with Crippen molar-refractivity contribution in [1.82, 2.24) is 10.2 Å². The van der Waals surface area contributed by atoms with Gasteiger partial charge in [-0.05, 0) is 37.1 Å². The van der Waals surface area contributed by atoms with E-state index in [1.165, 1.54) is 0 Å². The van der Waals surface area contributed by atoms with E-state index in [1.807, 2.05) is 42.5 Å². The van der Waals surface area contributed by atoms with Crippen LogP contribution in [-0.2, 0) is 0 Å². The Bertz CT molecular complexity index is 774. The van der Waals surface area contributed by atoms with E-state index < -0.39 is 0 Å². The monoisotopic (exact) mass is 368 g/mol. The molecule has 1 fully saturated rings. The topological polar surface area (TPSA) is 82.7 Å². The number of methoxy groups -OCH3 is 1. The lowest BCUT2D eigenvalue weighted by atomic mass is 10.1. The fraction of sp³-hybridized carbons (Fsp3) is 0.300. The smallest absolute Gasteiger partial charge is 0.321 e. The van der Waals surface area contributed by atoms with Crippen LogP contribution in [0.1, 0.15) is 12.8 Å². The number of likely N-dealkylation sites (tertiary alicyclic amines) is 1. The Morgan fingerprint density at radius 2 is 1.63 bits per heavy atom. The van der Waals surface area contributed by atoms with Crippen LogP contribution < -0.4 is 20.7 Å². The maximum absolute atomic E-state index is 12.5. The molecule has 1 aliphatic rings. The molecular formula is C20H24N4O3. The molecule has 142 valence electrons. The Labute approximate surface area is 158 Å². The molecule has 1 heterocycles. The number of carbonyl (C=O) groups is 2. The lowest BCUT2D eigenvalue weighted by Gasteiger charge is -2.32. The van der Waals surface area contributed by atoms with Crippen LogP contribution in [0.25, 0.3) is 0 Å².